The van der Waals surface area contributed by atoms with E-state index in [1.807, 2.05) is 30.6 Å². The van der Waals surface area contributed by atoms with E-state index in [0.29, 0.717) is 90.0 Å². The summed E-state index contributed by atoms with van der Waals surface area (Å²) in [5, 5.41) is 10.2. The number of amides is 4. The van der Waals surface area contributed by atoms with Gasteiger partial charge < -0.3 is 29.8 Å². The number of allylic oxidation sites excluding steroid dienone is 2. The first-order valence-electron chi connectivity index (χ1n) is 18.1. The van der Waals surface area contributed by atoms with E-state index in [-0.39, 0.29) is 36.3 Å². The molecule has 0 unspecified atom stereocenters. The first kappa shape index (κ1) is 37.6. The van der Waals surface area contributed by atoms with E-state index in [4.69, 9.17) is 25.6 Å². The number of nitrogens with one attached hydrogen (secondary N) is 2. The van der Waals surface area contributed by atoms with Crippen molar-refractivity contribution in [3.8, 4) is 0 Å². The lowest BCUT2D eigenvalue weighted by atomic mass is 10.1. The molecule has 0 aliphatic carbocycles. The van der Waals surface area contributed by atoms with Crippen molar-refractivity contribution in [1.29, 1.82) is 0 Å². The van der Waals surface area contributed by atoms with Crippen molar-refractivity contribution in [3.05, 3.63) is 94.0 Å². The maximum absolute atomic E-state index is 13.5. The highest BCUT2D eigenvalue weighted by Gasteiger charge is 2.24. The number of nitrogens with two attached hydrogens (primary N) is 2. The van der Waals surface area contributed by atoms with Gasteiger partial charge in [-0.1, -0.05) is 12.2 Å². The van der Waals surface area contributed by atoms with Gasteiger partial charge in [-0.3, -0.25) is 39.4 Å². The van der Waals surface area contributed by atoms with Crippen LogP contribution < -0.4 is 22.1 Å². The SMILES string of the molecule is CCn1nc(C)cc1C(=O)Nc1nc2cc(C(N)=O)ccc2n1C/C=C/Cn1c(NC(=O)c2oc(C)nc2C)nc2cc(C(N)=O)cc(CN3CCOCC3)c21. The molecule has 0 radical (unpaired) electrons. The normalized spacial score (nSPS) is 13.6. The monoisotopic (exact) mass is 762 g/mol. The molecular formula is C38H42N12O6. The molecule has 0 spiro atoms. The minimum Gasteiger partial charge on any atom is -0.436 e. The third-order valence-corrected chi connectivity index (χ3v) is 9.47. The maximum Gasteiger partial charge on any atom is 0.295 e. The Kier molecular flexibility index (Phi) is 10.5. The van der Waals surface area contributed by atoms with Crippen molar-refractivity contribution in [2.45, 2.75) is 53.9 Å². The van der Waals surface area contributed by atoms with E-state index in [2.05, 4.69) is 30.6 Å². The first-order valence-corrected chi connectivity index (χ1v) is 18.1. The molecule has 1 saturated heterocycles. The molecule has 56 heavy (non-hydrogen) atoms. The number of morpholine rings is 1. The van der Waals surface area contributed by atoms with E-state index in [9.17, 15) is 19.2 Å². The van der Waals surface area contributed by atoms with Crippen LogP contribution in [0.4, 0.5) is 11.9 Å². The summed E-state index contributed by atoms with van der Waals surface area (Å²) in [6.45, 7) is 11.1. The molecule has 18 nitrogen and oxygen atoms in total. The van der Waals surface area contributed by atoms with Crippen LogP contribution in [0.5, 0.6) is 0 Å². The molecule has 290 valence electrons. The number of hydrogen-bond acceptors (Lipinski definition) is 11. The van der Waals surface area contributed by atoms with Crippen LogP contribution in [0.1, 0.15) is 71.5 Å². The number of aromatic nitrogens is 7. The number of fused-ring (bicyclic) bond motifs is 2. The lowest BCUT2D eigenvalue weighted by Gasteiger charge is -2.27. The molecule has 6 aromatic rings. The van der Waals surface area contributed by atoms with Gasteiger partial charge >= 0.3 is 0 Å². The summed E-state index contributed by atoms with van der Waals surface area (Å²) in [5.41, 5.74) is 16.5. The number of carbonyl (C=O) groups is 4. The van der Waals surface area contributed by atoms with Crippen molar-refractivity contribution < 1.29 is 28.3 Å². The summed E-state index contributed by atoms with van der Waals surface area (Å²) >= 11 is 0. The number of aryl methyl sites for hydroxylation is 4. The molecule has 2 aromatic carbocycles. The van der Waals surface area contributed by atoms with Gasteiger partial charge in [0.25, 0.3) is 11.8 Å². The summed E-state index contributed by atoms with van der Waals surface area (Å²) in [6, 6.07) is 9.98. The van der Waals surface area contributed by atoms with Crippen LogP contribution >= 0.6 is 0 Å². The lowest BCUT2D eigenvalue weighted by Crippen LogP contribution is -2.35. The van der Waals surface area contributed by atoms with Gasteiger partial charge in [0, 0.05) is 57.3 Å². The van der Waals surface area contributed by atoms with E-state index < -0.39 is 23.6 Å². The van der Waals surface area contributed by atoms with Crippen LogP contribution in [0.25, 0.3) is 22.1 Å². The molecule has 18 heteroatoms. The second-order valence-corrected chi connectivity index (χ2v) is 13.4. The predicted octanol–water partition coefficient (Wildman–Crippen LogP) is 3.31. The van der Waals surface area contributed by atoms with Gasteiger partial charge in [-0.05, 0) is 62.7 Å². The number of oxazole rings is 1. The third-order valence-electron chi connectivity index (χ3n) is 9.47. The van der Waals surface area contributed by atoms with E-state index in [0.717, 1.165) is 5.56 Å². The van der Waals surface area contributed by atoms with E-state index in [1.54, 1.807) is 59.5 Å². The zero-order valence-electron chi connectivity index (χ0n) is 31.5. The molecule has 1 aliphatic rings. The van der Waals surface area contributed by atoms with Crippen LogP contribution in [0, 0.1) is 20.8 Å². The highest BCUT2D eigenvalue weighted by Crippen LogP contribution is 2.28. The number of ether oxygens (including phenoxy) is 1. The molecule has 5 heterocycles. The first-order chi connectivity index (χ1) is 26.9. The largest absolute Gasteiger partial charge is 0.436 e. The number of primary amides is 2. The molecule has 0 saturated carbocycles. The Morgan fingerprint density at radius 1 is 0.821 bits per heavy atom. The molecule has 4 aromatic heterocycles. The van der Waals surface area contributed by atoms with Gasteiger partial charge in [-0.2, -0.15) is 5.10 Å². The molecule has 1 aliphatic heterocycles. The van der Waals surface area contributed by atoms with Crippen molar-refractivity contribution >= 4 is 57.6 Å². The average Bonchev–Trinajstić information content (AvgIpc) is 3.92. The van der Waals surface area contributed by atoms with Gasteiger partial charge in [0.05, 0.1) is 46.7 Å². The average molecular weight is 763 g/mol. The Morgan fingerprint density at radius 3 is 2.16 bits per heavy atom. The second kappa shape index (κ2) is 15.6. The lowest BCUT2D eigenvalue weighted by molar-refractivity contribution is 0.0343. The van der Waals surface area contributed by atoms with Crippen molar-refractivity contribution in [2.75, 3.05) is 36.9 Å². The van der Waals surface area contributed by atoms with Crippen molar-refractivity contribution in [2.24, 2.45) is 11.5 Å². The van der Waals surface area contributed by atoms with Crippen LogP contribution in [0.3, 0.4) is 0 Å². The molecule has 6 N–H and O–H groups in total. The quantitative estimate of drug-likeness (QED) is 0.125. The number of hydrogen-bond donors (Lipinski definition) is 4. The fraction of sp³-hybridized carbons (Fsp3) is 0.316. The van der Waals surface area contributed by atoms with Crippen LogP contribution in [-0.2, 0) is 30.9 Å². The minimum absolute atomic E-state index is 0.0567. The molecule has 7 rings (SSSR count). The van der Waals surface area contributed by atoms with Gasteiger partial charge in [0.2, 0.25) is 29.5 Å². The summed E-state index contributed by atoms with van der Waals surface area (Å²) in [7, 11) is 0. The smallest absolute Gasteiger partial charge is 0.295 e. The van der Waals surface area contributed by atoms with Gasteiger partial charge in [0.1, 0.15) is 5.69 Å². The summed E-state index contributed by atoms with van der Waals surface area (Å²) in [4.78, 5) is 67.3. The van der Waals surface area contributed by atoms with Gasteiger partial charge in [-0.25, -0.2) is 15.0 Å². The standard InChI is InChI=1S/C38H42N12O6/c1-5-50-30(16-21(2)46-50)35(53)44-37-42-27-18-24(33(39)51)8-9-29(27)48(37)10-6-7-11-49-31-26(20-47-12-14-55-15-13-47)17-25(34(40)52)19-28(31)43-38(49)45-36(54)32-22(3)41-23(4)56-32/h6-9,16-19H,5,10-15,20H2,1-4H3,(H2,39,51)(H2,40,52)(H,42,44,53)(H,43,45,54)/b7-6+. The molecular weight excluding hydrogens is 720 g/mol. The number of nitrogens with zero attached hydrogens (tertiary/aromatic N) is 8. The van der Waals surface area contributed by atoms with Crippen molar-refractivity contribution in [1.82, 2.24) is 38.8 Å². The topological polar surface area (TPSA) is 236 Å². The Bertz CT molecular complexity index is 2530. The maximum atomic E-state index is 13.5. The molecule has 1 fully saturated rings. The van der Waals surface area contributed by atoms with Crippen LogP contribution in [0.2, 0.25) is 0 Å². The Labute approximate surface area is 320 Å². The minimum atomic E-state index is -0.603. The highest BCUT2D eigenvalue weighted by atomic mass is 16.5. The number of benzene rings is 2. The number of carbonyl (C=O) groups excluding carboxylic acids is 4. The summed E-state index contributed by atoms with van der Waals surface area (Å²) in [6.07, 6.45) is 3.78. The Hall–Kier alpha value is -6.66. The fourth-order valence-corrected chi connectivity index (χ4v) is 6.85. The second-order valence-electron chi connectivity index (χ2n) is 13.4. The zero-order chi connectivity index (χ0) is 39.7. The molecule has 0 bridgehead atoms. The summed E-state index contributed by atoms with van der Waals surface area (Å²) < 4.78 is 16.4. The van der Waals surface area contributed by atoms with Crippen LogP contribution in [-0.4, -0.2) is 88.7 Å². The number of rotatable bonds is 13. The van der Waals surface area contributed by atoms with Crippen LogP contribution in [0.15, 0.2) is 53.0 Å². The molecule has 0 atom stereocenters. The Balaban J connectivity index is 1.25. The predicted molar refractivity (Wildman–Crippen MR) is 206 cm³/mol. The molecule has 4 amide bonds. The van der Waals surface area contributed by atoms with E-state index >= 15 is 0 Å². The number of imidazole rings is 2. The zero-order valence-corrected chi connectivity index (χ0v) is 31.5. The van der Waals surface area contributed by atoms with Gasteiger partial charge in [-0.15, -0.1) is 0 Å². The van der Waals surface area contributed by atoms with E-state index in [1.165, 1.54) is 0 Å². The number of anilines is 2. The summed E-state index contributed by atoms with van der Waals surface area (Å²) in [5.74, 6) is -1.25. The van der Waals surface area contributed by atoms with Crippen molar-refractivity contribution in [3.63, 3.8) is 0 Å². The fourth-order valence-electron chi connectivity index (χ4n) is 6.85. The Morgan fingerprint density at radius 2 is 1.48 bits per heavy atom. The highest BCUT2D eigenvalue weighted by molar-refractivity contribution is 6.04. The third kappa shape index (κ3) is 7.64. The van der Waals surface area contributed by atoms with Gasteiger partial charge in [0.15, 0.2) is 5.89 Å².